The molecule has 1 fully saturated rings. The van der Waals surface area contributed by atoms with E-state index in [-0.39, 0.29) is 5.41 Å². The number of hydrogen-bond acceptors (Lipinski definition) is 4. The number of benzene rings is 1. The van der Waals surface area contributed by atoms with Crippen LogP contribution in [0.15, 0.2) is 41.4 Å². The molecule has 1 aliphatic heterocycles. The number of nitrogens with two attached hydrogens (primary N) is 1. The third-order valence-electron chi connectivity index (χ3n) is 4.48. The number of hydrogen-bond donors (Lipinski definition) is 2. The molecule has 3 N–H and O–H groups in total. The van der Waals surface area contributed by atoms with Gasteiger partial charge in [-0.15, -0.1) is 0 Å². The zero-order chi connectivity index (χ0) is 16.0. The fourth-order valence-corrected chi connectivity index (χ4v) is 4.27. The van der Waals surface area contributed by atoms with Crippen molar-refractivity contribution in [3.05, 3.63) is 42.1 Å². The summed E-state index contributed by atoms with van der Waals surface area (Å²) in [5, 5.41) is 3.50. The van der Waals surface area contributed by atoms with Crippen molar-refractivity contribution in [3.8, 4) is 0 Å². The van der Waals surface area contributed by atoms with Gasteiger partial charge in [-0.05, 0) is 56.0 Å². The molecular formula is C18H29N3S. The van der Waals surface area contributed by atoms with Gasteiger partial charge in [0.25, 0.3) is 0 Å². The maximum absolute atomic E-state index is 5.66. The van der Waals surface area contributed by atoms with Crippen LogP contribution in [-0.4, -0.2) is 24.4 Å². The van der Waals surface area contributed by atoms with Crippen molar-refractivity contribution in [2.45, 2.75) is 44.0 Å². The SMILES string of the molecule is C=C1NCCCC1(CCC)CN(C)Sc1ccc(CN)cc1. The largest absolute Gasteiger partial charge is 0.388 e. The molecule has 1 heterocycles. The Morgan fingerprint density at radius 1 is 1.36 bits per heavy atom. The maximum atomic E-state index is 5.66. The minimum atomic E-state index is 0.214. The van der Waals surface area contributed by atoms with E-state index in [1.807, 2.05) is 0 Å². The number of piperidine rings is 1. The van der Waals surface area contributed by atoms with Gasteiger partial charge in [-0.3, -0.25) is 0 Å². The van der Waals surface area contributed by atoms with Crippen molar-refractivity contribution in [1.29, 1.82) is 0 Å². The van der Waals surface area contributed by atoms with Crippen LogP contribution in [0.1, 0.15) is 38.2 Å². The molecule has 0 aromatic heterocycles. The fourth-order valence-electron chi connectivity index (χ4n) is 3.34. The molecule has 1 unspecified atom stereocenters. The number of nitrogens with zero attached hydrogens (tertiary/aromatic N) is 1. The summed E-state index contributed by atoms with van der Waals surface area (Å²) < 4.78 is 2.35. The Morgan fingerprint density at radius 2 is 2.09 bits per heavy atom. The lowest BCUT2D eigenvalue weighted by Crippen LogP contribution is -2.43. The third kappa shape index (κ3) is 4.28. The van der Waals surface area contributed by atoms with Crippen LogP contribution in [-0.2, 0) is 6.54 Å². The van der Waals surface area contributed by atoms with Gasteiger partial charge >= 0.3 is 0 Å². The smallest absolute Gasteiger partial charge is 0.0232 e. The highest BCUT2D eigenvalue weighted by Crippen LogP contribution is 2.40. The van der Waals surface area contributed by atoms with Gasteiger partial charge in [-0.2, -0.15) is 0 Å². The molecule has 2 rings (SSSR count). The Balaban J connectivity index is 2.01. The second-order valence-corrected chi connectivity index (χ2v) is 7.54. The van der Waals surface area contributed by atoms with Gasteiger partial charge < -0.3 is 11.1 Å². The summed E-state index contributed by atoms with van der Waals surface area (Å²) in [6, 6.07) is 8.53. The highest BCUT2D eigenvalue weighted by molar-refractivity contribution is 7.97. The molecular weight excluding hydrogens is 290 g/mol. The van der Waals surface area contributed by atoms with E-state index in [4.69, 9.17) is 5.73 Å². The minimum Gasteiger partial charge on any atom is -0.388 e. The monoisotopic (exact) mass is 319 g/mol. The molecule has 1 aromatic carbocycles. The molecule has 22 heavy (non-hydrogen) atoms. The first-order valence-electron chi connectivity index (χ1n) is 8.21. The van der Waals surface area contributed by atoms with Crippen LogP contribution in [0.5, 0.6) is 0 Å². The average Bonchev–Trinajstić information content (AvgIpc) is 2.51. The van der Waals surface area contributed by atoms with E-state index in [1.54, 1.807) is 11.9 Å². The van der Waals surface area contributed by atoms with E-state index in [9.17, 15) is 0 Å². The van der Waals surface area contributed by atoms with Crippen molar-refractivity contribution in [2.75, 3.05) is 20.1 Å². The van der Waals surface area contributed by atoms with Crippen LogP contribution in [0.25, 0.3) is 0 Å². The Morgan fingerprint density at radius 3 is 2.68 bits per heavy atom. The third-order valence-corrected chi connectivity index (χ3v) is 5.41. The minimum absolute atomic E-state index is 0.214. The van der Waals surface area contributed by atoms with E-state index in [0.717, 1.165) is 13.1 Å². The molecule has 0 aliphatic carbocycles. The van der Waals surface area contributed by atoms with Gasteiger partial charge in [0.2, 0.25) is 0 Å². The van der Waals surface area contributed by atoms with Crippen molar-refractivity contribution in [3.63, 3.8) is 0 Å². The summed E-state index contributed by atoms with van der Waals surface area (Å²) in [4.78, 5) is 1.26. The van der Waals surface area contributed by atoms with E-state index in [1.165, 1.54) is 41.8 Å². The van der Waals surface area contributed by atoms with Gasteiger partial charge in [0.15, 0.2) is 0 Å². The molecule has 0 amide bonds. The van der Waals surface area contributed by atoms with E-state index in [0.29, 0.717) is 6.54 Å². The van der Waals surface area contributed by atoms with Gasteiger partial charge in [0, 0.05) is 35.6 Å². The molecule has 0 spiro atoms. The number of rotatable bonds is 7. The Labute approximate surface area is 139 Å². The van der Waals surface area contributed by atoms with Crippen molar-refractivity contribution < 1.29 is 0 Å². The highest BCUT2D eigenvalue weighted by atomic mass is 32.2. The zero-order valence-electron chi connectivity index (χ0n) is 13.9. The standard InChI is InChI=1S/C18H29N3S/c1-4-10-18(11-5-12-20-15(18)2)14-21(3)22-17-8-6-16(13-19)7-9-17/h6-9,20H,2,4-5,10-14,19H2,1,3H3. The first kappa shape index (κ1) is 17.4. The summed E-state index contributed by atoms with van der Waals surface area (Å²) in [6.45, 7) is 9.29. The molecule has 1 aromatic rings. The van der Waals surface area contributed by atoms with E-state index >= 15 is 0 Å². The van der Waals surface area contributed by atoms with Crippen LogP contribution in [0.3, 0.4) is 0 Å². The normalized spacial score (nSPS) is 21.9. The van der Waals surface area contributed by atoms with Crippen LogP contribution in [0.2, 0.25) is 0 Å². The lowest BCUT2D eigenvalue weighted by atomic mass is 9.74. The lowest BCUT2D eigenvalue weighted by Gasteiger charge is -2.42. The summed E-state index contributed by atoms with van der Waals surface area (Å²) in [7, 11) is 2.18. The predicted molar refractivity (Wildman–Crippen MR) is 96.5 cm³/mol. The molecule has 1 saturated heterocycles. The quantitative estimate of drug-likeness (QED) is 0.751. The zero-order valence-corrected chi connectivity index (χ0v) is 14.7. The fraction of sp³-hybridized carbons (Fsp3) is 0.556. The predicted octanol–water partition coefficient (Wildman–Crippen LogP) is 3.77. The van der Waals surface area contributed by atoms with Crippen molar-refractivity contribution in [1.82, 2.24) is 9.62 Å². The molecule has 0 saturated carbocycles. The second-order valence-electron chi connectivity index (χ2n) is 6.26. The van der Waals surface area contributed by atoms with Crippen LogP contribution >= 0.6 is 11.9 Å². The van der Waals surface area contributed by atoms with Gasteiger partial charge in [0.1, 0.15) is 0 Å². The van der Waals surface area contributed by atoms with Crippen molar-refractivity contribution >= 4 is 11.9 Å². The van der Waals surface area contributed by atoms with E-state index < -0.39 is 0 Å². The molecule has 122 valence electrons. The Hall–Kier alpha value is -0.970. The lowest BCUT2D eigenvalue weighted by molar-refractivity contribution is 0.208. The van der Waals surface area contributed by atoms with Crippen molar-refractivity contribution in [2.24, 2.45) is 11.1 Å². The first-order chi connectivity index (χ1) is 10.6. The molecule has 1 aliphatic rings. The number of nitrogens with one attached hydrogen (secondary N) is 1. The molecule has 4 heteroatoms. The van der Waals surface area contributed by atoms with Gasteiger partial charge in [-0.1, -0.05) is 32.1 Å². The maximum Gasteiger partial charge on any atom is 0.0232 e. The topological polar surface area (TPSA) is 41.3 Å². The highest BCUT2D eigenvalue weighted by Gasteiger charge is 2.35. The summed E-state index contributed by atoms with van der Waals surface area (Å²) in [6.07, 6.45) is 4.88. The summed E-state index contributed by atoms with van der Waals surface area (Å²) in [5.41, 5.74) is 8.28. The molecule has 3 nitrogen and oxygen atoms in total. The molecule has 0 bridgehead atoms. The summed E-state index contributed by atoms with van der Waals surface area (Å²) in [5.74, 6) is 0. The molecule has 1 atom stereocenters. The summed E-state index contributed by atoms with van der Waals surface area (Å²) >= 11 is 1.81. The van der Waals surface area contributed by atoms with Crippen LogP contribution in [0, 0.1) is 5.41 Å². The van der Waals surface area contributed by atoms with Gasteiger partial charge in [0.05, 0.1) is 0 Å². The second kappa shape index (κ2) is 8.04. The van der Waals surface area contributed by atoms with Crippen LogP contribution in [0.4, 0.5) is 0 Å². The average molecular weight is 320 g/mol. The molecule has 0 radical (unpaired) electrons. The van der Waals surface area contributed by atoms with E-state index in [2.05, 4.69) is 54.4 Å². The van der Waals surface area contributed by atoms with Crippen LogP contribution < -0.4 is 11.1 Å². The Bertz CT molecular complexity index is 482. The first-order valence-corrected chi connectivity index (χ1v) is 8.98. The Kier molecular flexibility index (Phi) is 6.36. The van der Waals surface area contributed by atoms with Gasteiger partial charge in [-0.25, -0.2) is 4.31 Å².